The van der Waals surface area contributed by atoms with Gasteiger partial charge in [-0.3, -0.25) is 9.35 Å². The largest absolute Gasteiger partial charge is 0.387 e. The Bertz CT molecular complexity index is 806. The Labute approximate surface area is 259 Å². The van der Waals surface area contributed by atoms with Crippen LogP contribution in [0.15, 0.2) is 36.5 Å². The molecule has 0 aromatic heterocycles. The molecule has 246 valence electrons. The van der Waals surface area contributed by atoms with Crippen molar-refractivity contribution in [1.82, 2.24) is 5.32 Å². The molecule has 0 saturated carbocycles. The van der Waals surface area contributed by atoms with E-state index < -0.39 is 28.0 Å². The van der Waals surface area contributed by atoms with E-state index in [2.05, 4.69) is 43.5 Å². The van der Waals surface area contributed by atoms with Crippen molar-refractivity contribution in [3.63, 3.8) is 0 Å². The van der Waals surface area contributed by atoms with Crippen LogP contribution in [0, 0.1) is 0 Å². The average Bonchev–Trinajstić information content (AvgIpc) is 2.94. The van der Waals surface area contributed by atoms with Crippen molar-refractivity contribution in [2.75, 3.05) is 5.75 Å². The third-order valence-electron chi connectivity index (χ3n) is 7.56. The first-order chi connectivity index (χ1) is 20.3. The molecule has 0 fully saturated rings. The van der Waals surface area contributed by atoms with Gasteiger partial charge in [0.2, 0.25) is 5.91 Å². The summed E-state index contributed by atoms with van der Waals surface area (Å²) >= 11 is 0. The highest BCUT2D eigenvalue weighted by Gasteiger charge is 2.24. The van der Waals surface area contributed by atoms with Crippen molar-refractivity contribution in [3.8, 4) is 0 Å². The molecule has 3 N–H and O–H groups in total. The van der Waals surface area contributed by atoms with Gasteiger partial charge in [-0.05, 0) is 51.4 Å². The van der Waals surface area contributed by atoms with Crippen LogP contribution in [0.2, 0.25) is 0 Å². The second kappa shape index (κ2) is 29.6. The Morgan fingerprint density at radius 2 is 1.07 bits per heavy atom. The van der Waals surface area contributed by atoms with E-state index in [1.807, 2.05) is 6.08 Å². The number of carbonyl (C=O) groups is 1. The van der Waals surface area contributed by atoms with E-state index in [0.29, 0.717) is 6.42 Å². The number of hydrogen-bond acceptors (Lipinski definition) is 4. The molecule has 1 amide bonds. The summed E-state index contributed by atoms with van der Waals surface area (Å²) in [5.41, 5.74) is 0. The van der Waals surface area contributed by atoms with Crippen molar-refractivity contribution < 1.29 is 22.9 Å². The van der Waals surface area contributed by atoms with Crippen molar-refractivity contribution in [1.29, 1.82) is 0 Å². The maximum atomic E-state index is 12.4. The highest BCUT2D eigenvalue weighted by molar-refractivity contribution is 7.85. The fourth-order valence-corrected chi connectivity index (χ4v) is 5.68. The first-order valence-electron chi connectivity index (χ1n) is 17.2. The van der Waals surface area contributed by atoms with Gasteiger partial charge < -0.3 is 10.4 Å². The van der Waals surface area contributed by atoms with E-state index in [4.69, 9.17) is 0 Å². The van der Waals surface area contributed by atoms with Gasteiger partial charge in [0.15, 0.2) is 0 Å². The molecule has 0 spiro atoms. The molecule has 2 atom stereocenters. The second-order valence-corrected chi connectivity index (χ2v) is 13.3. The van der Waals surface area contributed by atoms with Gasteiger partial charge in [-0.15, -0.1) is 0 Å². The molecule has 0 bridgehead atoms. The zero-order valence-corrected chi connectivity index (χ0v) is 27.9. The van der Waals surface area contributed by atoms with E-state index in [1.54, 1.807) is 6.08 Å². The molecule has 0 aromatic rings. The third kappa shape index (κ3) is 30.0. The Morgan fingerprint density at radius 3 is 1.60 bits per heavy atom. The Hall–Kier alpha value is -1.44. The maximum absolute atomic E-state index is 12.4. The topological polar surface area (TPSA) is 104 Å². The lowest BCUT2D eigenvalue weighted by atomic mass is 10.1. The zero-order chi connectivity index (χ0) is 31.2. The summed E-state index contributed by atoms with van der Waals surface area (Å²) in [6, 6.07) is -1.06. The number of rotatable bonds is 30. The monoisotopic (exact) mass is 611 g/mol. The van der Waals surface area contributed by atoms with E-state index in [1.165, 1.54) is 77.0 Å². The van der Waals surface area contributed by atoms with Crippen molar-refractivity contribution in [3.05, 3.63) is 36.5 Å². The number of carbonyl (C=O) groups excluding carboxylic acids is 1. The summed E-state index contributed by atoms with van der Waals surface area (Å²) in [7, 11) is -4.34. The lowest BCUT2D eigenvalue weighted by Gasteiger charge is -2.21. The molecule has 0 aliphatic heterocycles. The quantitative estimate of drug-likeness (QED) is 0.0426. The predicted molar refractivity (Wildman–Crippen MR) is 179 cm³/mol. The van der Waals surface area contributed by atoms with Crippen LogP contribution in [0.3, 0.4) is 0 Å². The Balaban J connectivity index is 4.06. The average molecular weight is 612 g/mol. The molecule has 7 heteroatoms. The summed E-state index contributed by atoms with van der Waals surface area (Å²) in [6.07, 6.45) is 36.9. The van der Waals surface area contributed by atoms with E-state index in [0.717, 1.165) is 57.8 Å². The van der Waals surface area contributed by atoms with Gasteiger partial charge >= 0.3 is 0 Å². The smallest absolute Gasteiger partial charge is 0.267 e. The molecule has 0 rings (SSSR count). The molecule has 0 aliphatic carbocycles. The van der Waals surface area contributed by atoms with Gasteiger partial charge in [0, 0.05) is 6.42 Å². The van der Waals surface area contributed by atoms with Crippen molar-refractivity contribution >= 4 is 16.0 Å². The molecule has 0 radical (unpaired) electrons. The van der Waals surface area contributed by atoms with Crippen LogP contribution in [0.25, 0.3) is 0 Å². The van der Waals surface area contributed by atoms with Gasteiger partial charge in [-0.2, -0.15) is 8.42 Å². The highest BCUT2D eigenvalue weighted by atomic mass is 32.2. The number of aliphatic hydroxyl groups excluding tert-OH is 1. The molecule has 42 heavy (non-hydrogen) atoms. The first-order valence-corrected chi connectivity index (χ1v) is 18.8. The van der Waals surface area contributed by atoms with Crippen LogP contribution in [0.4, 0.5) is 0 Å². The normalized spacial score (nSPS) is 13.9. The van der Waals surface area contributed by atoms with Crippen LogP contribution in [0.5, 0.6) is 0 Å². The number of allylic oxidation sites excluding steroid dienone is 5. The molecule has 0 saturated heterocycles. The molecular formula is C35H65NO5S. The van der Waals surface area contributed by atoms with E-state index in [-0.39, 0.29) is 12.3 Å². The van der Waals surface area contributed by atoms with Gasteiger partial charge in [-0.1, -0.05) is 140 Å². The number of hydrogen-bond donors (Lipinski definition) is 3. The lowest BCUT2D eigenvalue weighted by Crippen LogP contribution is -2.46. The Morgan fingerprint density at radius 1 is 0.643 bits per heavy atom. The molecule has 0 heterocycles. The minimum Gasteiger partial charge on any atom is -0.387 e. The van der Waals surface area contributed by atoms with Crippen molar-refractivity contribution in [2.24, 2.45) is 0 Å². The second-order valence-electron chi connectivity index (χ2n) is 11.8. The summed E-state index contributed by atoms with van der Waals surface area (Å²) < 4.78 is 32.3. The standard InChI is InChI=1S/C35H65NO5S/c1-3-5-7-9-11-13-15-17-18-19-21-23-25-27-29-31-35(38)36-33(32-42(39,40)41)34(37)30-28-26-24-22-20-16-14-12-10-8-6-4-2/h11,13,17-18,28,30,33-34,37H,3-10,12,14-16,19-27,29,31-32H2,1-2H3,(H,36,38)(H,39,40,41)/b13-11-,18-17-,30-28+. The first kappa shape index (κ1) is 40.6. The highest BCUT2D eigenvalue weighted by Crippen LogP contribution is 2.12. The maximum Gasteiger partial charge on any atom is 0.267 e. The fraction of sp³-hybridized carbons (Fsp3) is 0.800. The molecule has 2 unspecified atom stereocenters. The fourth-order valence-electron chi connectivity index (χ4n) is 4.95. The van der Waals surface area contributed by atoms with Crippen molar-refractivity contribution in [2.45, 2.75) is 174 Å². The predicted octanol–water partition coefficient (Wildman–Crippen LogP) is 9.40. The summed E-state index contributed by atoms with van der Waals surface area (Å²) in [6.45, 7) is 4.46. The molecular weight excluding hydrogens is 546 g/mol. The molecule has 0 aliphatic rings. The lowest BCUT2D eigenvalue weighted by molar-refractivity contribution is -0.122. The van der Waals surface area contributed by atoms with Crippen LogP contribution >= 0.6 is 0 Å². The Kier molecular flexibility index (Phi) is 28.6. The number of unbranched alkanes of at least 4 members (excludes halogenated alkanes) is 18. The minimum absolute atomic E-state index is 0.279. The van der Waals surface area contributed by atoms with Gasteiger partial charge in [0.05, 0.1) is 17.9 Å². The van der Waals surface area contributed by atoms with Gasteiger partial charge in [0.1, 0.15) is 0 Å². The van der Waals surface area contributed by atoms with E-state index in [9.17, 15) is 22.9 Å². The number of amides is 1. The molecule has 6 nitrogen and oxygen atoms in total. The van der Waals surface area contributed by atoms with Crippen LogP contribution in [-0.4, -0.2) is 41.9 Å². The van der Waals surface area contributed by atoms with Crippen LogP contribution < -0.4 is 5.32 Å². The number of nitrogens with one attached hydrogen (secondary N) is 1. The minimum atomic E-state index is -4.34. The van der Waals surface area contributed by atoms with Gasteiger partial charge in [-0.25, -0.2) is 0 Å². The summed E-state index contributed by atoms with van der Waals surface area (Å²) in [5, 5.41) is 13.1. The summed E-state index contributed by atoms with van der Waals surface area (Å²) in [5.74, 6) is -0.999. The zero-order valence-electron chi connectivity index (χ0n) is 27.1. The van der Waals surface area contributed by atoms with Crippen LogP contribution in [-0.2, 0) is 14.9 Å². The summed E-state index contributed by atoms with van der Waals surface area (Å²) in [4.78, 5) is 12.4. The SMILES string of the molecule is CCCCC/C=C\C/C=C\CCCCCCCC(=O)NC(CS(=O)(=O)O)C(O)/C=C/CCCCCCCCCCCC. The third-order valence-corrected chi connectivity index (χ3v) is 8.34. The van der Waals surface area contributed by atoms with E-state index >= 15 is 0 Å². The van der Waals surface area contributed by atoms with Gasteiger partial charge in [0.25, 0.3) is 10.1 Å². The van der Waals surface area contributed by atoms with Crippen LogP contribution in [0.1, 0.15) is 162 Å². The molecule has 0 aromatic carbocycles. The number of aliphatic hydroxyl groups is 1.